The van der Waals surface area contributed by atoms with Gasteiger partial charge in [0.15, 0.2) is 0 Å². The van der Waals surface area contributed by atoms with Gasteiger partial charge in [0.05, 0.1) is 16.5 Å². The number of nitrogens with zero attached hydrogens (tertiary/aromatic N) is 2. The van der Waals surface area contributed by atoms with Crippen LogP contribution in [0, 0.1) is 16.0 Å². The maximum absolute atomic E-state index is 12.7. The van der Waals surface area contributed by atoms with Crippen LogP contribution in [0.3, 0.4) is 0 Å². The van der Waals surface area contributed by atoms with E-state index in [0.29, 0.717) is 11.4 Å². The number of hydrogen-bond acceptors (Lipinski definition) is 4. The molecule has 140 valence electrons. The highest BCUT2D eigenvalue weighted by Gasteiger charge is 2.35. The van der Waals surface area contributed by atoms with Gasteiger partial charge in [0, 0.05) is 30.8 Å². The molecule has 1 aliphatic rings. The van der Waals surface area contributed by atoms with Gasteiger partial charge in [0.2, 0.25) is 11.8 Å². The predicted molar refractivity (Wildman–Crippen MR) is 106 cm³/mol. The van der Waals surface area contributed by atoms with Crippen LogP contribution in [-0.2, 0) is 9.59 Å². The van der Waals surface area contributed by atoms with Crippen LogP contribution in [0.5, 0.6) is 0 Å². The van der Waals surface area contributed by atoms with E-state index in [4.69, 9.17) is 0 Å². The SMILES string of the molecule is O=C(Nc1ccc2ccccc2c1)[C@@H]1CC(=O)N(c2cccc([N+](=O)[O-])c2)C1. The quantitative estimate of drug-likeness (QED) is 0.555. The van der Waals surface area contributed by atoms with Crippen LogP contribution in [0.2, 0.25) is 0 Å². The van der Waals surface area contributed by atoms with E-state index in [9.17, 15) is 19.7 Å². The fourth-order valence-corrected chi connectivity index (χ4v) is 3.42. The molecule has 7 nitrogen and oxygen atoms in total. The number of carbonyl (C=O) groups excluding carboxylic acids is 2. The monoisotopic (exact) mass is 375 g/mol. The first-order valence-corrected chi connectivity index (χ1v) is 8.86. The minimum absolute atomic E-state index is 0.0715. The summed E-state index contributed by atoms with van der Waals surface area (Å²) in [4.78, 5) is 36.9. The number of hydrogen-bond donors (Lipinski definition) is 1. The molecular weight excluding hydrogens is 358 g/mol. The Kier molecular flexibility index (Phi) is 4.49. The molecule has 0 radical (unpaired) electrons. The summed E-state index contributed by atoms with van der Waals surface area (Å²) in [5.41, 5.74) is 1.01. The van der Waals surface area contributed by atoms with Crippen molar-refractivity contribution in [1.82, 2.24) is 0 Å². The zero-order valence-corrected chi connectivity index (χ0v) is 14.9. The molecule has 1 heterocycles. The van der Waals surface area contributed by atoms with Crippen molar-refractivity contribution in [3.8, 4) is 0 Å². The minimum Gasteiger partial charge on any atom is -0.326 e. The summed E-state index contributed by atoms with van der Waals surface area (Å²) in [6.07, 6.45) is 0.0715. The van der Waals surface area contributed by atoms with Gasteiger partial charge in [-0.25, -0.2) is 0 Å². The topological polar surface area (TPSA) is 92.6 Å². The molecule has 3 aromatic carbocycles. The number of anilines is 2. The average molecular weight is 375 g/mol. The van der Waals surface area contributed by atoms with E-state index in [1.54, 1.807) is 6.07 Å². The number of rotatable bonds is 4. The zero-order chi connectivity index (χ0) is 19.7. The number of amides is 2. The van der Waals surface area contributed by atoms with Crippen molar-refractivity contribution >= 4 is 39.6 Å². The van der Waals surface area contributed by atoms with E-state index >= 15 is 0 Å². The van der Waals surface area contributed by atoms with E-state index < -0.39 is 10.8 Å². The molecule has 1 aliphatic heterocycles. The van der Waals surface area contributed by atoms with Crippen molar-refractivity contribution in [1.29, 1.82) is 0 Å². The number of fused-ring (bicyclic) bond motifs is 1. The number of carbonyl (C=O) groups is 2. The van der Waals surface area contributed by atoms with Crippen LogP contribution >= 0.6 is 0 Å². The largest absolute Gasteiger partial charge is 0.326 e. The molecule has 1 atom stereocenters. The first-order valence-electron chi connectivity index (χ1n) is 8.86. The Morgan fingerprint density at radius 3 is 2.61 bits per heavy atom. The summed E-state index contributed by atoms with van der Waals surface area (Å²) in [7, 11) is 0. The molecule has 0 saturated carbocycles. The van der Waals surface area contributed by atoms with Gasteiger partial charge < -0.3 is 10.2 Å². The maximum atomic E-state index is 12.7. The fourth-order valence-electron chi connectivity index (χ4n) is 3.42. The van der Waals surface area contributed by atoms with E-state index in [-0.39, 0.29) is 30.5 Å². The van der Waals surface area contributed by atoms with E-state index in [2.05, 4.69) is 5.32 Å². The minimum atomic E-state index is -0.516. The average Bonchev–Trinajstić information content (AvgIpc) is 3.10. The lowest BCUT2D eigenvalue weighted by atomic mass is 10.1. The molecule has 0 unspecified atom stereocenters. The number of nitro groups is 1. The van der Waals surface area contributed by atoms with Crippen molar-refractivity contribution in [3.05, 3.63) is 76.8 Å². The normalized spacial score (nSPS) is 16.4. The molecule has 0 aromatic heterocycles. The van der Waals surface area contributed by atoms with Crippen LogP contribution in [0.1, 0.15) is 6.42 Å². The molecule has 1 N–H and O–H groups in total. The Morgan fingerprint density at radius 2 is 1.82 bits per heavy atom. The van der Waals surface area contributed by atoms with Gasteiger partial charge >= 0.3 is 0 Å². The van der Waals surface area contributed by atoms with Crippen molar-refractivity contribution < 1.29 is 14.5 Å². The summed E-state index contributed by atoms with van der Waals surface area (Å²) in [6, 6.07) is 19.4. The lowest BCUT2D eigenvalue weighted by Crippen LogP contribution is -2.28. The van der Waals surface area contributed by atoms with Gasteiger partial charge in [-0.2, -0.15) is 0 Å². The van der Waals surface area contributed by atoms with Crippen molar-refractivity contribution in [2.45, 2.75) is 6.42 Å². The van der Waals surface area contributed by atoms with Gasteiger partial charge in [0.25, 0.3) is 5.69 Å². The lowest BCUT2D eigenvalue weighted by Gasteiger charge is -2.16. The molecule has 0 spiro atoms. The van der Waals surface area contributed by atoms with Gasteiger partial charge in [-0.05, 0) is 29.0 Å². The van der Waals surface area contributed by atoms with Crippen LogP contribution in [0.4, 0.5) is 17.1 Å². The van der Waals surface area contributed by atoms with Crippen LogP contribution in [0.25, 0.3) is 10.8 Å². The lowest BCUT2D eigenvalue weighted by molar-refractivity contribution is -0.384. The number of non-ortho nitro benzene ring substituents is 1. The van der Waals surface area contributed by atoms with Crippen molar-refractivity contribution in [3.63, 3.8) is 0 Å². The molecule has 0 aliphatic carbocycles. The van der Waals surface area contributed by atoms with Crippen molar-refractivity contribution in [2.24, 2.45) is 5.92 Å². The number of benzene rings is 3. The Morgan fingerprint density at radius 1 is 1.04 bits per heavy atom. The third kappa shape index (κ3) is 3.42. The molecule has 4 rings (SSSR count). The van der Waals surface area contributed by atoms with E-state index in [1.165, 1.54) is 23.1 Å². The molecule has 3 aromatic rings. The molecular formula is C21H17N3O4. The Bertz CT molecular complexity index is 1100. The molecule has 1 saturated heterocycles. The second kappa shape index (κ2) is 7.11. The summed E-state index contributed by atoms with van der Waals surface area (Å²) in [6.45, 7) is 0.194. The molecule has 28 heavy (non-hydrogen) atoms. The molecule has 0 bridgehead atoms. The summed E-state index contributed by atoms with van der Waals surface area (Å²) in [5, 5.41) is 15.9. The van der Waals surface area contributed by atoms with Gasteiger partial charge in [-0.3, -0.25) is 19.7 Å². The van der Waals surface area contributed by atoms with Crippen LogP contribution in [-0.4, -0.2) is 23.3 Å². The molecule has 1 fully saturated rings. The van der Waals surface area contributed by atoms with Gasteiger partial charge in [-0.15, -0.1) is 0 Å². The zero-order valence-electron chi connectivity index (χ0n) is 14.9. The van der Waals surface area contributed by atoms with E-state index in [1.807, 2.05) is 42.5 Å². The van der Waals surface area contributed by atoms with Gasteiger partial charge in [-0.1, -0.05) is 36.4 Å². The number of nitrogens with one attached hydrogen (secondary N) is 1. The predicted octanol–water partition coefficient (Wildman–Crippen LogP) is 3.74. The highest BCUT2D eigenvalue weighted by molar-refractivity contribution is 6.04. The summed E-state index contributed by atoms with van der Waals surface area (Å²) < 4.78 is 0. The standard InChI is InChI=1S/C21H17N3O4/c25-20-11-16(13-23(20)18-6-3-7-19(12-18)24(27)28)21(26)22-17-9-8-14-4-1-2-5-15(14)10-17/h1-10,12,16H,11,13H2,(H,22,26)/t16-/m1/s1. The second-order valence-electron chi connectivity index (χ2n) is 6.73. The van der Waals surface area contributed by atoms with Crippen LogP contribution in [0.15, 0.2) is 66.7 Å². The highest BCUT2D eigenvalue weighted by Crippen LogP contribution is 2.29. The summed E-state index contributed by atoms with van der Waals surface area (Å²) >= 11 is 0. The Hall–Kier alpha value is -3.74. The first kappa shape index (κ1) is 17.7. The smallest absolute Gasteiger partial charge is 0.271 e. The molecule has 2 amide bonds. The van der Waals surface area contributed by atoms with Crippen molar-refractivity contribution in [2.75, 3.05) is 16.8 Å². The summed E-state index contributed by atoms with van der Waals surface area (Å²) in [5.74, 6) is -0.978. The second-order valence-corrected chi connectivity index (χ2v) is 6.73. The third-order valence-corrected chi connectivity index (χ3v) is 4.87. The highest BCUT2D eigenvalue weighted by atomic mass is 16.6. The van der Waals surface area contributed by atoms with Crippen LogP contribution < -0.4 is 10.2 Å². The molecule has 7 heteroatoms. The van der Waals surface area contributed by atoms with Gasteiger partial charge in [0.1, 0.15) is 0 Å². The fraction of sp³-hybridized carbons (Fsp3) is 0.143. The Labute approximate surface area is 160 Å². The first-order chi connectivity index (χ1) is 13.5. The number of nitro benzene ring substituents is 1. The third-order valence-electron chi connectivity index (χ3n) is 4.87. The Balaban J connectivity index is 1.49. The van der Waals surface area contributed by atoms with E-state index in [0.717, 1.165) is 10.8 Å². The maximum Gasteiger partial charge on any atom is 0.271 e.